The molecule has 3 heteroatoms. The van der Waals surface area contributed by atoms with Gasteiger partial charge in [0.2, 0.25) is 0 Å². The van der Waals surface area contributed by atoms with Gasteiger partial charge in [0.05, 0.1) is 0 Å². The maximum absolute atomic E-state index is 9.78. The standard InChI is InChI=1S/C12H16BrNO/c1-7-10(13)5-9(6-11(7)15)12(3-4-12)8(2)14/h5-6,8,15H,3-4,14H2,1-2H3. The van der Waals surface area contributed by atoms with Crippen molar-refractivity contribution in [1.82, 2.24) is 0 Å². The van der Waals surface area contributed by atoms with E-state index in [2.05, 4.69) is 22.0 Å². The molecular weight excluding hydrogens is 254 g/mol. The Morgan fingerprint density at radius 3 is 2.47 bits per heavy atom. The van der Waals surface area contributed by atoms with E-state index in [9.17, 15) is 5.11 Å². The molecule has 2 rings (SSSR count). The molecule has 0 spiro atoms. The molecule has 0 bridgehead atoms. The summed E-state index contributed by atoms with van der Waals surface area (Å²) in [5, 5.41) is 9.78. The second kappa shape index (κ2) is 3.49. The van der Waals surface area contributed by atoms with Crippen LogP contribution in [0, 0.1) is 6.92 Å². The molecule has 1 unspecified atom stereocenters. The lowest BCUT2D eigenvalue weighted by Crippen LogP contribution is -2.31. The predicted octanol–water partition coefficient (Wildman–Crippen LogP) is 2.84. The maximum Gasteiger partial charge on any atom is 0.119 e. The number of hydrogen-bond donors (Lipinski definition) is 2. The lowest BCUT2D eigenvalue weighted by atomic mass is 9.89. The Balaban J connectivity index is 2.47. The molecule has 1 aromatic rings. The van der Waals surface area contributed by atoms with Gasteiger partial charge in [0.25, 0.3) is 0 Å². The third-order valence-electron chi connectivity index (χ3n) is 3.55. The van der Waals surface area contributed by atoms with Crippen LogP contribution < -0.4 is 5.73 Å². The molecule has 2 nitrogen and oxygen atoms in total. The Kier molecular flexibility index (Phi) is 2.55. The fraction of sp³-hybridized carbons (Fsp3) is 0.500. The highest BCUT2D eigenvalue weighted by atomic mass is 79.9. The fourth-order valence-electron chi connectivity index (χ4n) is 2.09. The number of hydrogen-bond acceptors (Lipinski definition) is 2. The number of phenolic OH excluding ortho intramolecular Hbond substituents is 1. The van der Waals surface area contributed by atoms with Crippen molar-refractivity contribution in [3.05, 3.63) is 27.7 Å². The quantitative estimate of drug-likeness (QED) is 0.868. The van der Waals surface area contributed by atoms with Gasteiger partial charge in [-0.15, -0.1) is 0 Å². The number of rotatable bonds is 2. The Bertz CT molecular complexity index is 374. The van der Waals surface area contributed by atoms with E-state index in [1.165, 1.54) is 0 Å². The van der Waals surface area contributed by atoms with Gasteiger partial charge in [0, 0.05) is 21.5 Å². The molecule has 3 N–H and O–H groups in total. The zero-order valence-electron chi connectivity index (χ0n) is 9.05. The van der Waals surface area contributed by atoms with E-state index in [0.717, 1.165) is 28.4 Å². The van der Waals surface area contributed by atoms with Gasteiger partial charge in [-0.3, -0.25) is 0 Å². The van der Waals surface area contributed by atoms with Crippen LogP contribution in [-0.2, 0) is 5.41 Å². The van der Waals surface area contributed by atoms with Crippen molar-refractivity contribution in [2.45, 2.75) is 38.1 Å². The molecule has 0 radical (unpaired) electrons. The van der Waals surface area contributed by atoms with Gasteiger partial charge in [0.15, 0.2) is 0 Å². The van der Waals surface area contributed by atoms with Gasteiger partial charge in [-0.25, -0.2) is 0 Å². The van der Waals surface area contributed by atoms with Crippen molar-refractivity contribution in [1.29, 1.82) is 0 Å². The molecule has 0 saturated heterocycles. The first-order valence-electron chi connectivity index (χ1n) is 5.22. The Hall–Kier alpha value is -0.540. The molecule has 1 fully saturated rings. The van der Waals surface area contributed by atoms with Crippen molar-refractivity contribution in [2.75, 3.05) is 0 Å². The van der Waals surface area contributed by atoms with Gasteiger partial charge in [0.1, 0.15) is 5.75 Å². The molecule has 1 aliphatic carbocycles. The average Bonchev–Trinajstić information content (AvgIpc) is 2.93. The monoisotopic (exact) mass is 269 g/mol. The highest BCUT2D eigenvalue weighted by molar-refractivity contribution is 9.10. The van der Waals surface area contributed by atoms with Crippen molar-refractivity contribution >= 4 is 15.9 Å². The SMILES string of the molecule is Cc1c(O)cc(C2(C(C)N)CC2)cc1Br. The van der Waals surface area contributed by atoms with Crippen LogP contribution in [0.3, 0.4) is 0 Å². The topological polar surface area (TPSA) is 46.2 Å². The molecule has 1 saturated carbocycles. The Morgan fingerprint density at radius 2 is 2.07 bits per heavy atom. The third kappa shape index (κ3) is 1.68. The van der Waals surface area contributed by atoms with E-state index in [4.69, 9.17) is 5.73 Å². The lowest BCUT2D eigenvalue weighted by molar-refractivity contribution is 0.466. The predicted molar refractivity (Wildman–Crippen MR) is 65.1 cm³/mol. The Morgan fingerprint density at radius 1 is 1.47 bits per heavy atom. The van der Waals surface area contributed by atoms with Crippen molar-refractivity contribution in [3.8, 4) is 5.75 Å². The summed E-state index contributed by atoms with van der Waals surface area (Å²) in [6.07, 6.45) is 2.25. The number of phenols is 1. The maximum atomic E-state index is 9.78. The zero-order valence-corrected chi connectivity index (χ0v) is 10.6. The van der Waals surface area contributed by atoms with Gasteiger partial charge in [-0.2, -0.15) is 0 Å². The Labute approximate surface area is 98.6 Å². The second-order valence-electron chi connectivity index (χ2n) is 4.55. The molecular formula is C12H16BrNO. The van der Waals surface area contributed by atoms with E-state index in [1.54, 1.807) is 0 Å². The smallest absolute Gasteiger partial charge is 0.119 e. The first-order chi connectivity index (χ1) is 6.97. The molecule has 15 heavy (non-hydrogen) atoms. The summed E-state index contributed by atoms with van der Waals surface area (Å²) >= 11 is 3.47. The van der Waals surface area contributed by atoms with Gasteiger partial charge in [-0.05, 0) is 44.4 Å². The molecule has 0 amide bonds. The van der Waals surface area contributed by atoms with E-state index >= 15 is 0 Å². The van der Waals surface area contributed by atoms with Crippen LogP contribution in [-0.4, -0.2) is 11.1 Å². The van der Waals surface area contributed by atoms with Crippen LogP contribution in [0.25, 0.3) is 0 Å². The summed E-state index contributed by atoms with van der Waals surface area (Å²) in [4.78, 5) is 0. The fourth-order valence-corrected chi connectivity index (χ4v) is 2.54. The first kappa shape index (κ1) is 11.0. The van der Waals surface area contributed by atoms with Crippen LogP contribution >= 0.6 is 15.9 Å². The summed E-state index contributed by atoms with van der Waals surface area (Å²) in [6, 6.07) is 4.09. The highest BCUT2D eigenvalue weighted by Crippen LogP contribution is 2.51. The van der Waals surface area contributed by atoms with E-state index in [0.29, 0.717) is 5.75 Å². The molecule has 82 valence electrons. The lowest BCUT2D eigenvalue weighted by Gasteiger charge is -2.21. The van der Waals surface area contributed by atoms with E-state index in [1.807, 2.05) is 19.9 Å². The molecule has 0 heterocycles. The third-order valence-corrected chi connectivity index (χ3v) is 4.38. The molecule has 0 aliphatic heterocycles. The molecule has 0 aromatic heterocycles. The highest BCUT2D eigenvalue weighted by Gasteiger charge is 2.47. The van der Waals surface area contributed by atoms with Crippen LogP contribution in [0.2, 0.25) is 0 Å². The largest absolute Gasteiger partial charge is 0.508 e. The second-order valence-corrected chi connectivity index (χ2v) is 5.40. The van der Waals surface area contributed by atoms with Crippen LogP contribution in [0.5, 0.6) is 5.75 Å². The summed E-state index contributed by atoms with van der Waals surface area (Å²) in [6.45, 7) is 3.94. The molecule has 1 aromatic carbocycles. The molecule has 1 aliphatic rings. The van der Waals surface area contributed by atoms with Gasteiger partial charge in [-0.1, -0.05) is 15.9 Å². The number of halogens is 1. The number of aromatic hydroxyl groups is 1. The molecule has 1 atom stereocenters. The van der Waals surface area contributed by atoms with Crippen molar-refractivity contribution < 1.29 is 5.11 Å². The first-order valence-corrected chi connectivity index (χ1v) is 6.02. The number of nitrogens with two attached hydrogens (primary N) is 1. The summed E-state index contributed by atoms with van der Waals surface area (Å²) in [5.41, 5.74) is 8.16. The minimum Gasteiger partial charge on any atom is -0.508 e. The summed E-state index contributed by atoms with van der Waals surface area (Å²) in [5.74, 6) is 0.353. The minimum atomic E-state index is 0.105. The normalized spacial score (nSPS) is 20.0. The van der Waals surface area contributed by atoms with Crippen LogP contribution in [0.15, 0.2) is 16.6 Å². The summed E-state index contributed by atoms with van der Waals surface area (Å²) in [7, 11) is 0. The average molecular weight is 270 g/mol. The van der Waals surface area contributed by atoms with Gasteiger partial charge >= 0.3 is 0 Å². The van der Waals surface area contributed by atoms with Crippen molar-refractivity contribution in [2.24, 2.45) is 5.73 Å². The van der Waals surface area contributed by atoms with Crippen LogP contribution in [0.1, 0.15) is 30.9 Å². The van der Waals surface area contributed by atoms with Crippen LogP contribution in [0.4, 0.5) is 0 Å². The zero-order chi connectivity index (χ0) is 11.2. The minimum absolute atomic E-state index is 0.105. The van der Waals surface area contributed by atoms with E-state index in [-0.39, 0.29) is 11.5 Å². The van der Waals surface area contributed by atoms with E-state index < -0.39 is 0 Å². The summed E-state index contributed by atoms with van der Waals surface area (Å²) < 4.78 is 0.962. The number of benzene rings is 1. The van der Waals surface area contributed by atoms with Crippen molar-refractivity contribution in [3.63, 3.8) is 0 Å². The van der Waals surface area contributed by atoms with Gasteiger partial charge < -0.3 is 10.8 Å².